The summed E-state index contributed by atoms with van der Waals surface area (Å²) in [5.41, 5.74) is 1.50. The van der Waals surface area contributed by atoms with Crippen molar-refractivity contribution in [2.45, 2.75) is 13.3 Å². The minimum atomic E-state index is -0.130. The molecule has 0 aliphatic heterocycles. The van der Waals surface area contributed by atoms with Gasteiger partial charge in [0.1, 0.15) is 12.2 Å². The Morgan fingerprint density at radius 2 is 2.33 bits per heavy atom. The number of aromatic amines is 1. The highest BCUT2D eigenvalue weighted by atomic mass is 35.5. The van der Waals surface area contributed by atoms with Crippen LogP contribution in [-0.2, 0) is 6.42 Å². The molecule has 94 valence electrons. The van der Waals surface area contributed by atoms with Crippen LogP contribution in [0.5, 0.6) is 0 Å². The highest BCUT2D eigenvalue weighted by molar-refractivity contribution is 6.31. The Balaban J connectivity index is 1.93. The van der Waals surface area contributed by atoms with Crippen molar-refractivity contribution in [1.29, 1.82) is 0 Å². The average Bonchev–Trinajstić information content (AvgIpc) is 2.85. The lowest BCUT2D eigenvalue weighted by molar-refractivity contribution is 0.0953. The topological polar surface area (TPSA) is 70.7 Å². The van der Waals surface area contributed by atoms with Gasteiger partial charge in [0.25, 0.3) is 5.91 Å². The molecule has 6 heteroatoms. The summed E-state index contributed by atoms with van der Waals surface area (Å²) in [7, 11) is 0. The number of halogens is 1. The molecular formula is C12H13ClN4O. The molecule has 0 radical (unpaired) electrons. The first kappa shape index (κ1) is 12.6. The Hall–Kier alpha value is -1.88. The summed E-state index contributed by atoms with van der Waals surface area (Å²) in [5.74, 6) is 0.618. The molecule has 0 saturated heterocycles. The molecule has 1 aromatic carbocycles. The van der Waals surface area contributed by atoms with E-state index in [1.54, 1.807) is 12.1 Å². The third-order valence-electron chi connectivity index (χ3n) is 2.56. The maximum Gasteiger partial charge on any atom is 0.251 e. The van der Waals surface area contributed by atoms with E-state index in [-0.39, 0.29) is 5.91 Å². The summed E-state index contributed by atoms with van der Waals surface area (Å²) in [4.78, 5) is 15.9. The van der Waals surface area contributed by atoms with Crippen molar-refractivity contribution in [1.82, 2.24) is 20.5 Å². The average molecular weight is 265 g/mol. The summed E-state index contributed by atoms with van der Waals surface area (Å²) in [6.07, 6.45) is 2.06. The van der Waals surface area contributed by atoms with Crippen LogP contribution in [0.1, 0.15) is 21.7 Å². The van der Waals surface area contributed by atoms with Crippen LogP contribution in [0.3, 0.4) is 0 Å². The maximum absolute atomic E-state index is 11.9. The minimum Gasteiger partial charge on any atom is -0.352 e. The van der Waals surface area contributed by atoms with E-state index in [9.17, 15) is 4.79 Å². The Bertz CT molecular complexity index is 539. The predicted molar refractivity (Wildman–Crippen MR) is 68.6 cm³/mol. The van der Waals surface area contributed by atoms with Crippen LogP contribution in [0, 0.1) is 6.92 Å². The number of carbonyl (C=O) groups excluding carboxylic acids is 1. The van der Waals surface area contributed by atoms with E-state index in [4.69, 9.17) is 11.6 Å². The third-order valence-corrected chi connectivity index (χ3v) is 2.79. The Morgan fingerprint density at radius 1 is 1.50 bits per heavy atom. The first-order chi connectivity index (χ1) is 8.66. The standard InChI is InChI=1S/C12H13ClN4O/c1-8-2-3-9(13)6-10(8)12(18)14-5-4-11-15-7-16-17-11/h2-3,6-7H,4-5H2,1H3,(H,14,18)(H,15,16,17). The highest BCUT2D eigenvalue weighted by Crippen LogP contribution is 2.15. The van der Waals surface area contributed by atoms with Gasteiger partial charge in [-0.05, 0) is 24.6 Å². The molecule has 2 aromatic rings. The van der Waals surface area contributed by atoms with Gasteiger partial charge in [-0.2, -0.15) is 5.10 Å². The van der Waals surface area contributed by atoms with Gasteiger partial charge in [0, 0.05) is 23.6 Å². The van der Waals surface area contributed by atoms with E-state index in [1.807, 2.05) is 13.0 Å². The molecule has 0 saturated carbocycles. The van der Waals surface area contributed by atoms with E-state index in [0.29, 0.717) is 23.6 Å². The first-order valence-corrected chi connectivity index (χ1v) is 5.93. The van der Waals surface area contributed by atoms with Crippen LogP contribution in [0.25, 0.3) is 0 Å². The van der Waals surface area contributed by atoms with Crippen molar-refractivity contribution in [2.75, 3.05) is 6.54 Å². The zero-order valence-corrected chi connectivity index (χ0v) is 10.7. The molecule has 5 nitrogen and oxygen atoms in total. The van der Waals surface area contributed by atoms with Crippen LogP contribution in [0.4, 0.5) is 0 Å². The lowest BCUT2D eigenvalue weighted by atomic mass is 10.1. The van der Waals surface area contributed by atoms with Crippen molar-refractivity contribution in [3.05, 3.63) is 46.5 Å². The number of amides is 1. The molecule has 0 aliphatic carbocycles. The van der Waals surface area contributed by atoms with Gasteiger partial charge in [-0.25, -0.2) is 4.98 Å². The predicted octanol–water partition coefficient (Wildman–Crippen LogP) is 1.74. The number of hydrogen-bond acceptors (Lipinski definition) is 3. The molecule has 0 aliphatic rings. The fourth-order valence-corrected chi connectivity index (χ4v) is 1.75. The third kappa shape index (κ3) is 3.07. The van der Waals surface area contributed by atoms with Crippen molar-refractivity contribution >= 4 is 17.5 Å². The van der Waals surface area contributed by atoms with E-state index in [1.165, 1.54) is 6.33 Å². The number of rotatable bonds is 4. The molecule has 0 spiro atoms. The monoisotopic (exact) mass is 264 g/mol. The summed E-state index contributed by atoms with van der Waals surface area (Å²) in [6.45, 7) is 2.38. The number of nitrogens with one attached hydrogen (secondary N) is 2. The normalized spacial score (nSPS) is 10.3. The van der Waals surface area contributed by atoms with Crippen LogP contribution < -0.4 is 5.32 Å². The van der Waals surface area contributed by atoms with Crippen LogP contribution >= 0.6 is 11.6 Å². The molecule has 1 amide bonds. The van der Waals surface area contributed by atoms with Gasteiger partial charge in [0.05, 0.1) is 0 Å². The van der Waals surface area contributed by atoms with Crippen LogP contribution in [0.15, 0.2) is 24.5 Å². The summed E-state index contributed by atoms with van der Waals surface area (Å²) >= 11 is 5.87. The molecule has 1 heterocycles. The van der Waals surface area contributed by atoms with Crippen molar-refractivity contribution < 1.29 is 4.79 Å². The smallest absolute Gasteiger partial charge is 0.251 e. The summed E-state index contributed by atoms with van der Waals surface area (Å²) in [6, 6.07) is 5.26. The lowest BCUT2D eigenvalue weighted by Gasteiger charge is -2.07. The molecule has 0 bridgehead atoms. The van der Waals surface area contributed by atoms with Crippen LogP contribution in [0.2, 0.25) is 5.02 Å². The number of benzene rings is 1. The first-order valence-electron chi connectivity index (χ1n) is 5.55. The molecule has 2 N–H and O–H groups in total. The largest absolute Gasteiger partial charge is 0.352 e. The van der Waals surface area contributed by atoms with Gasteiger partial charge in [0.15, 0.2) is 0 Å². The highest BCUT2D eigenvalue weighted by Gasteiger charge is 2.09. The van der Waals surface area contributed by atoms with Gasteiger partial charge in [0.2, 0.25) is 0 Å². The molecule has 1 aromatic heterocycles. The Labute approximate surface area is 110 Å². The SMILES string of the molecule is Cc1ccc(Cl)cc1C(=O)NCCc1ncn[nH]1. The van der Waals surface area contributed by atoms with Gasteiger partial charge < -0.3 is 5.32 Å². The molecule has 0 fully saturated rings. The van der Waals surface area contributed by atoms with Crippen LogP contribution in [-0.4, -0.2) is 27.6 Å². The lowest BCUT2D eigenvalue weighted by Crippen LogP contribution is -2.26. The number of nitrogens with zero attached hydrogens (tertiary/aromatic N) is 2. The zero-order valence-electron chi connectivity index (χ0n) is 9.90. The van der Waals surface area contributed by atoms with Crippen molar-refractivity contribution in [2.24, 2.45) is 0 Å². The molecule has 0 atom stereocenters. The number of carbonyl (C=O) groups is 1. The molecule has 2 rings (SSSR count). The van der Waals surface area contributed by atoms with Crippen molar-refractivity contribution in [3.63, 3.8) is 0 Å². The van der Waals surface area contributed by atoms with Gasteiger partial charge in [-0.1, -0.05) is 17.7 Å². The second kappa shape index (κ2) is 5.64. The summed E-state index contributed by atoms with van der Waals surface area (Å²) < 4.78 is 0. The summed E-state index contributed by atoms with van der Waals surface area (Å²) in [5, 5.41) is 9.85. The Morgan fingerprint density at radius 3 is 3.06 bits per heavy atom. The van der Waals surface area contributed by atoms with E-state index in [0.717, 1.165) is 11.4 Å². The van der Waals surface area contributed by atoms with Gasteiger partial charge in [-0.3, -0.25) is 9.89 Å². The van der Waals surface area contributed by atoms with E-state index < -0.39 is 0 Å². The van der Waals surface area contributed by atoms with E-state index >= 15 is 0 Å². The second-order valence-corrected chi connectivity index (χ2v) is 4.33. The molecule has 18 heavy (non-hydrogen) atoms. The second-order valence-electron chi connectivity index (χ2n) is 3.90. The fourth-order valence-electron chi connectivity index (χ4n) is 1.58. The number of hydrogen-bond donors (Lipinski definition) is 2. The van der Waals surface area contributed by atoms with Gasteiger partial charge >= 0.3 is 0 Å². The maximum atomic E-state index is 11.9. The number of aromatic nitrogens is 3. The minimum absolute atomic E-state index is 0.130. The number of H-pyrrole nitrogens is 1. The van der Waals surface area contributed by atoms with Gasteiger partial charge in [-0.15, -0.1) is 0 Å². The van der Waals surface area contributed by atoms with Crippen molar-refractivity contribution in [3.8, 4) is 0 Å². The quantitative estimate of drug-likeness (QED) is 0.884. The fraction of sp³-hybridized carbons (Fsp3) is 0.250. The molecule has 0 unspecified atom stereocenters. The number of aryl methyl sites for hydroxylation is 1. The molecular weight excluding hydrogens is 252 g/mol. The Kier molecular flexibility index (Phi) is 3.94. The van der Waals surface area contributed by atoms with E-state index in [2.05, 4.69) is 20.5 Å². The zero-order chi connectivity index (χ0) is 13.0.